The van der Waals surface area contributed by atoms with Gasteiger partial charge in [0.1, 0.15) is 6.04 Å². The van der Waals surface area contributed by atoms with Gasteiger partial charge in [-0.25, -0.2) is 9.59 Å². The number of nitrogens with one attached hydrogen (secondary N) is 1. The smallest absolute Gasteiger partial charge is 0.326 e. The van der Waals surface area contributed by atoms with Gasteiger partial charge in [0.05, 0.1) is 0 Å². The van der Waals surface area contributed by atoms with Gasteiger partial charge in [-0.3, -0.25) is 0 Å². The summed E-state index contributed by atoms with van der Waals surface area (Å²) in [6, 6.07) is -0.745. The first kappa shape index (κ1) is 16.1. The standard InChI is InChI=1S/C16H28N2O3/c1-4-11(5-2)10(3)17-16(21)18-9-12-7-6-8-13(12)14(18)15(19)20/h10-14H,4-9H2,1-3H3,(H,17,21)(H,19,20). The van der Waals surface area contributed by atoms with Crippen LogP contribution in [-0.2, 0) is 4.79 Å². The van der Waals surface area contributed by atoms with E-state index in [9.17, 15) is 14.7 Å². The van der Waals surface area contributed by atoms with Crippen LogP contribution in [0.5, 0.6) is 0 Å². The fourth-order valence-corrected chi connectivity index (χ4v) is 4.22. The lowest BCUT2D eigenvalue weighted by Crippen LogP contribution is -2.51. The number of carbonyl (C=O) groups excluding carboxylic acids is 1. The van der Waals surface area contributed by atoms with Crippen LogP contribution in [0.3, 0.4) is 0 Å². The number of rotatable bonds is 5. The van der Waals surface area contributed by atoms with Crippen molar-refractivity contribution in [1.82, 2.24) is 10.2 Å². The molecule has 0 radical (unpaired) electrons. The molecule has 2 rings (SSSR count). The summed E-state index contributed by atoms with van der Waals surface area (Å²) in [5, 5.41) is 12.5. The summed E-state index contributed by atoms with van der Waals surface area (Å²) in [6.45, 7) is 6.86. The third-order valence-electron chi connectivity index (χ3n) is 5.51. The van der Waals surface area contributed by atoms with Crippen LogP contribution < -0.4 is 5.32 Å². The summed E-state index contributed by atoms with van der Waals surface area (Å²) in [4.78, 5) is 25.6. The third-order valence-corrected chi connectivity index (χ3v) is 5.51. The first-order chi connectivity index (χ1) is 9.99. The Hall–Kier alpha value is -1.26. The number of hydrogen-bond donors (Lipinski definition) is 2. The Kier molecular flexibility index (Phi) is 5.12. The van der Waals surface area contributed by atoms with E-state index < -0.39 is 12.0 Å². The second-order valence-corrected chi connectivity index (χ2v) is 6.61. The van der Waals surface area contributed by atoms with Crippen molar-refractivity contribution >= 4 is 12.0 Å². The number of aliphatic carboxylic acids is 1. The Morgan fingerprint density at radius 2 is 1.95 bits per heavy atom. The van der Waals surface area contributed by atoms with Crippen molar-refractivity contribution in [2.75, 3.05) is 6.54 Å². The van der Waals surface area contributed by atoms with Gasteiger partial charge in [0.15, 0.2) is 0 Å². The minimum absolute atomic E-state index is 0.0855. The Morgan fingerprint density at radius 3 is 2.52 bits per heavy atom. The normalized spacial score (nSPS) is 29.5. The van der Waals surface area contributed by atoms with Crippen LogP contribution in [0, 0.1) is 17.8 Å². The van der Waals surface area contributed by atoms with Gasteiger partial charge in [0.25, 0.3) is 0 Å². The van der Waals surface area contributed by atoms with E-state index >= 15 is 0 Å². The summed E-state index contributed by atoms with van der Waals surface area (Å²) in [6.07, 6.45) is 5.13. The zero-order chi connectivity index (χ0) is 15.6. The molecule has 2 N–H and O–H groups in total. The second kappa shape index (κ2) is 6.67. The summed E-state index contributed by atoms with van der Waals surface area (Å²) in [5.41, 5.74) is 0. The molecular weight excluding hydrogens is 268 g/mol. The number of nitrogens with zero attached hydrogens (tertiary/aromatic N) is 1. The predicted molar refractivity (Wildman–Crippen MR) is 81.0 cm³/mol. The fourth-order valence-electron chi connectivity index (χ4n) is 4.22. The second-order valence-electron chi connectivity index (χ2n) is 6.61. The maximum atomic E-state index is 12.5. The summed E-state index contributed by atoms with van der Waals surface area (Å²) >= 11 is 0. The van der Waals surface area contributed by atoms with Crippen molar-refractivity contribution in [3.63, 3.8) is 0 Å². The van der Waals surface area contributed by atoms with Gasteiger partial charge in [0.2, 0.25) is 0 Å². The molecule has 1 saturated carbocycles. The number of carboxylic acids is 1. The SMILES string of the molecule is CCC(CC)C(C)NC(=O)N1CC2CCCC2C1C(=O)O. The zero-order valence-corrected chi connectivity index (χ0v) is 13.3. The Labute approximate surface area is 127 Å². The van der Waals surface area contributed by atoms with Crippen molar-refractivity contribution in [3.8, 4) is 0 Å². The maximum absolute atomic E-state index is 12.5. The number of carboxylic acid groups (broad SMARTS) is 1. The van der Waals surface area contributed by atoms with E-state index in [1.165, 1.54) is 0 Å². The minimum Gasteiger partial charge on any atom is -0.480 e. The molecule has 5 nitrogen and oxygen atoms in total. The third kappa shape index (κ3) is 3.16. The molecule has 1 aliphatic carbocycles. The highest BCUT2D eigenvalue weighted by atomic mass is 16.4. The average Bonchev–Trinajstić information content (AvgIpc) is 2.98. The van der Waals surface area contributed by atoms with E-state index in [2.05, 4.69) is 19.2 Å². The summed E-state index contributed by atoms with van der Waals surface area (Å²) < 4.78 is 0. The molecule has 1 heterocycles. The molecule has 0 bridgehead atoms. The Balaban J connectivity index is 2.03. The molecule has 5 heteroatoms. The van der Waals surface area contributed by atoms with Gasteiger partial charge in [-0.05, 0) is 37.5 Å². The van der Waals surface area contributed by atoms with E-state index in [0.29, 0.717) is 18.4 Å². The molecule has 2 amide bonds. The van der Waals surface area contributed by atoms with Crippen LogP contribution in [0.1, 0.15) is 52.9 Å². The van der Waals surface area contributed by atoms with E-state index in [0.717, 1.165) is 32.1 Å². The summed E-state index contributed by atoms with van der Waals surface area (Å²) in [5.74, 6) is 0.117. The molecule has 4 atom stereocenters. The Morgan fingerprint density at radius 1 is 1.29 bits per heavy atom. The number of urea groups is 1. The quantitative estimate of drug-likeness (QED) is 0.819. The Bertz CT molecular complexity index is 395. The topological polar surface area (TPSA) is 69.6 Å². The molecule has 21 heavy (non-hydrogen) atoms. The van der Waals surface area contributed by atoms with Gasteiger partial charge < -0.3 is 15.3 Å². The van der Waals surface area contributed by atoms with Crippen molar-refractivity contribution in [3.05, 3.63) is 0 Å². The first-order valence-electron chi connectivity index (χ1n) is 8.29. The first-order valence-corrected chi connectivity index (χ1v) is 8.29. The molecule has 4 unspecified atom stereocenters. The number of hydrogen-bond acceptors (Lipinski definition) is 2. The molecule has 2 aliphatic rings. The van der Waals surface area contributed by atoms with Crippen LogP contribution in [0.2, 0.25) is 0 Å². The highest BCUT2D eigenvalue weighted by Crippen LogP contribution is 2.42. The lowest BCUT2D eigenvalue weighted by molar-refractivity contribution is -0.142. The van der Waals surface area contributed by atoms with Crippen molar-refractivity contribution in [1.29, 1.82) is 0 Å². The number of likely N-dealkylation sites (tertiary alicyclic amines) is 1. The van der Waals surface area contributed by atoms with Crippen molar-refractivity contribution in [2.45, 2.75) is 65.0 Å². The zero-order valence-electron chi connectivity index (χ0n) is 13.3. The van der Waals surface area contributed by atoms with Gasteiger partial charge >= 0.3 is 12.0 Å². The summed E-state index contributed by atoms with van der Waals surface area (Å²) in [7, 11) is 0. The van der Waals surface area contributed by atoms with Gasteiger partial charge in [-0.15, -0.1) is 0 Å². The highest BCUT2D eigenvalue weighted by Gasteiger charge is 2.49. The maximum Gasteiger partial charge on any atom is 0.326 e. The van der Waals surface area contributed by atoms with Crippen LogP contribution in [-0.4, -0.2) is 40.6 Å². The monoisotopic (exact) mass is 296 g/mol. The van der Waals surface area contributed by atoms with E-state index in [-0.39, 0.29) is 18.0 Å². The average molecular weight is 296 g/mol. The number of carbonyl (C=O) groups is 2. The van der Waals surface area contributed by atoms with Crippen molar-refractivity contribution < 1.29 is 14.7 Å². The number of fused-ring (bicyclic) bond motifs is 1. The molecular formula is C16H28N2O3. The molecule has 120 valence electrons. The molecule has 0 aromatic heterocycles. The van der Waals surface area contributed by atoms with Crippen LogP contribution >= 0.6 is 0 Å². The van der Waals surface area contributed by atoms with Gasteiger partial charge in [-0.2, -0.15) is 0 Å². The lowest BCUT2D eigenvalue weighted by Gasteiger charge is -2.29. The van der Waals surface area contributed by atoms with E-state index in [4.69, 9.17) is 0 Å². The van der Waals surface area contributed by atoms with Crippen molar-refractivity contribution in [2.24, 2.45) is 17.8 Å². The van der Waals surface area contributed by atoms with Crippen LogP contribution in [0.15, 0.2) is 0 Å². The van der Waals surface area contributed by atoms with Gasteiger partial charge in [-0.1, -0.05) is 33.1 Å². The largest absolute Gasteiger partial charge is 0.480 e. The molecule has 1 aliphatic heterocycles. The molecule has 2 fully saturated rings. The number of amides is 2. The van der Waals surface area contributed by atoms with Crippen LogP contribution in [0.4, 0.5) is 4.79 Å². The molecule has 0 spiro atoms. The predicted octanol–water partition coefficient (Wildman–Crippen LogP) is 2.71. The lowest BCUT2D eigenvalue weighted by atomic mass is 9.94. The van der Waals surface area contributed by atoms with Crippen LogP contribution in [0.25, 0.3) is 0 Å². The highest BCUT2D eigenvalue weighted by molar-refractivity contribution is 5.84. The molecule has 1 saturated heterocycles. The van der Waals surface area contributed by atoms with Gasteiger partial charge in [0, 0.05) is 12.6 Å². The minimum atomic E-state index is -0.852. The molecule has 0 aromatic rings. The van der Waals surface area contributed by atoms with E-state index in [1.54, 1.807) is 4.90 Å². The van der Waals surface area contributed by atoms with E-state index in [1.807, 2.05) is 6.92 Å². The molecule has 0 aromatic carbocycles. The fraction of sp³-hybridized carbons (Fsp3) is 0.875.